The molecule has 146 valence electrons. The number of hydrogen-bond donors (Lipinski definition) is 0. The van der Waals surface area contributed by atoms with E-state index >= 15 is 0 Å². The fourth-order valence-corrected chi connectivity index (χ4v) is 3.64. The number of nitrogens with zero attached hydrogens (tertiary/aromatic N) is 3. The third kappa shape index (κ3) is 5.06. The zero-order valence-corrected chi connectivity index (χ0v) is 16.1. The SMILES string of the molecule is CC(OC(=O)CCn1nc(-c2cccs2)oc1=O)C(=O)N1CCCCCC1. The number of ether oxygens (including phenoxy) is 1. The van der Waals surface area contributed by atoms with Crippen molar-refractivity contribution in [1.29, 1.82) is 0 Å². The van der Waals surface area contributed by atoms with Gasteiger partial charge in [0.15, 0.2) is 6.10 Å². The van der Waals surface area contributed by atoms with Crippen LogP contribution in [0.2, 0.25) is 0 Å². The molecule has 0 aliphatic carbocycles. The van der Waals surface area contributed by atoms with Crippen molar-refractivity contribution in [1.82, 2.24) is 14.7 Å². The van der Waals surface area contributed by atoms with Crippen LogP contribution in [0, 0.1) is 0 Å². The lowest BCUT2D eigenvalue weighted by atomic mass is 10.2. The van der Waals surface area contributed by atoms with E-state index < -0.39 is 17.8 Å². The first kappa shape index (κ1) is 19.3. The Morgan fingerprint density at radius 1 is 1.30 bits per heavy atom. The predicted octanol–water partition coefficient (Wildman–Crippen LogP) is 2.29. The van der Waals surface area contributed by atoms with Crippen LogP contribution in [0.4, 0.5) is 0 Å². The highest BCUT2D eigenvalue weighted by molar-refractivity contribution is 7.13. The molecular weight excluding hydrogens is 370 g/mol. The molecule has 1 fully saturated rings. The van der Waals surface area contributed by atoms with Gasteiger partial charge >= 0.3 is 11.7 Å². The number of rotatable bonds is 6. The topological polar surface area (TPSA) is 94.6 Å². The van der Waals surface area contributed by atoms with E-state index in [-0.39, 0.29) is 24.8 Å². The number of carbonyl (C=O) groups is 2. The summed E-state index contributed by atoms with van der Waals surface area (Å²) in [5.74, 6) is -1.10. The molecule has 1 aliphatic rings. The number of thiophene rings is 1. The summed E-state index contributed by atoms with van der Waals surface area (Å²) in [5.41, 5.74) is 0. The summed E-state index contributed by atoms with van der Waals surface area (Å²) in [6, 6.07) is 3.63. The minimum atomic E-state index is -0.827. The Balaban J connectivity index is 1.50. The molecule has 2 aromatic rings. The molecule has 8 nitrogen and oxygen atoms in total. The van der Waals surface area contributed by atoms with Gasteiger partial charge in [-0.15, -0.1) is 16.4 Å². The van der Waals surface area contributed by atoms with Gasteiger partial charge in [0.05, 0.1) is 17.8 Å². The van der Waals surface area contributed by atoms with Crippen LogP contribution >= 0.6 is 11.3 Å². The maximum absolute atomic E-state index is 12.4. The standard InChI is InChI=1S/C18H23N3O5S/c1-13(17(23)20-9-4-2-3-5-10-20)25-15(22)8-11-21-18(24)26-16(19-21)14-7-6-12-27-14/h6-7,12-13H,2-5,8-11H2,1H3. The molecule has 0 bridgehead atoms. The Bertz CT molecular complexity index is 818. The minimum absolute atomic E-state index is 0.0389. The van der Waals surface area contributed by atoms with Gasteiger partial charge in [-0.05, 0) is 31.2 Å². The number of hydrogen-bond acceptors (Lipinski definition) is 7. The number of esters is 1. The van der Waals surface area contributed by atoms with Crippen LogP contribution in [0.5, 0.6) is 0 Å². The third-order valence-electron chi connectivity index (χ3n) is 4.44. The molecule has 1 aliphatic heterocycles. The Kier molecular flexibility index (Phi) is 6.44. The summed E-state index contributed by atoms with van der Waals surface area (Å²) in [4.78, 5) is 38.8. The van der Waals surface area contributed by atoms with Crippen LogP contribution in [0.1, 0.15) is 39.0 Å². The molecule has 27 heavy (non-hydrogen) atoms. The monoisotopic (exact) mass is 393 g/mol. The summed E-state index contributed by atoms with van der Waals surface area (Å²) in [6.45, 7) is 3.04. The molecule has 1 atom stereocenters. The van der Waals surface area contributed by atoms with Crippen LogP contribution < -0.4 is 5.76 Å². The smallest absolute Gasteiger partial charge is 0.437 e. The van der Waals surface area contributed by atoms with E-state index in [0.29, 0.717) is 13.1 Å². The van der Waals surface area contributed by atoms with Crippen LogP contribution in [-0.4, -0.2) is 45.8 Å². The van der Waals surface area contributed by atoms with Crippen LogP contribution in [0.15, 0.2) is 26.7 Å². The molecule has 0 N–H and O–H groups in total. The third-order valence-corrected chi connectivity index (χ3v) is 5.30. The number of amides is 1. The highest BCUT2D eigenvalue weighted by Gasteiger charge is 2.24. The number of aromatic nitrogens is 2. The van der Waals surface area contributed by atoms with E-state index in [1.165, 1.54) is 11.3 Å². The maximum atomic E-state index is 12.4. The van der Waals surface area contributed by atoms with Crippen LogP contribution in [-0.2, 0) is 20.9 Å². The van der Waals surface area contributed by atoms with Crippen molar-refractivity contribution < 1.29 is 18.7 Å². The van der Waals surface area contributed by atoms with Crippen molar-refractivity contribution in [3.63, 3.8) is 0 Å². The normalized spacial score (nSPS) is 16.0. The van der Waals surface area contributed by atoms with Crippen molar-refractivity contribution in [3.05, 3.63) is 28.1 Å². The van der Waals surface area contributed by atoms with E-state index in [4.69, 9.17) is 9.15 Å². The average molecular weight is 393 g/mol. The summed E-state index contributed by atoms with van der Waals surface area (Å²) in [7, 11) is 0. The van der Waals surface area contributed by atoms with E-state index in [1.54, 1.807) is 17.9 Å². The second-order valence-corrected chi connectivity index (χ2v) is 7.44. The first-order valence-electron chi connectivity index (χ1n) is 9.14. The fraction of sp³-hybridized carbons (Fsp3) is 0.556. The molecule has 3 heterocycles. The largest absolute Gasteiger partial charge is 0.452 e. The molecule has 3 rings (SSSR count). The van der Waals surface area contributed by atoms with Crippen molar-refractivity contribution >= 4 is 23.2 Å². The highest BCUT2D eigenvalue weighted by atomic mass is 32.1. The van der Waals surface area contributed by atoms with E-state index in [0.717, 1.165) is 35.2 Å². The molecule has 2 aromatic heterocycles. The molecular formula is C18H23N3O5S. The summed E-state index contributed by atoms with van der Waals surface area (Å²) < 4.78 is 11.4. The van der Waals surface area contributed by atoms with Crippen molar-refractivity contribution in [2.24, 2.45) is 0 Å². The summed E-state index contributed by atoms with van der Waals surface area (Å²) in [5, 5.41) is 5.94. The van der Waals surface area contributed by atoms with Gasteiger partial charge in [0.2, 0.25) is 0 Å². The van der Waals surface area contributed by atoms with Crippen molar-refractivity contribution in [3.8, 4) is 10.8 Å². The van der Waals surface area contributed by atoms with Crippen LogP contribution in [0.3, 0.4) is 0 Å². The van der Waals surface area contributed by atoms with E-state index in [9.17, 15) is 14.4 Å². The molecule has 9 heteroatoms. The van der Waals surface area contributed by atoms with Crippen molar-refractivity contribution in [2.75, 3.05) is 13.1 Å². The number of carbonyl (C=O) groups excluding carboxylic acids is 2. The molecule has 1 unspecified atom stereocenters. The summed E-state index contributed by atoms with van der Waals surface area (Å²) in [6.07, 6.45) is 3.32. The second-order valence-electron chi connectivity index (χ2n) is 6.50. The zero-order chi connectivity index (χ0) is 19.2. The Labute approximate surface area is 160 Å². The van der Waals surface area contributed by atoms with Gasteiger partial charge in [-0.2, -0.15) is 4.68 Å². The van der Waals surface area contributed by atoms with Gasteiger partial charge in [-0.1, -0.05) is 18.9 Å². The highest BCUT2D eigenvalue weighted by Crippen LogP contribution is 2.21. The molecule has 1 amide bonds. The lowest BCUT2D eigenvalue weighted by Crippen LogP contribution is -2.40. The van der Waals surface area contributed by atoms with E-state index in [1.807, 2.05) is 11.4 Å². The lowest BCUT2D eigenvalue weighted by Gasteiger charge is -2.23. The fourth-order valence-electron chi connectivity index (χ4n) is 3.00. The quantitative estimate of drug-likeness (QED) is 0.699. The Hall–Kier alpha value is -2.42. The van der Waals surface area contributed by atoms with Gasteiger partial charge in [0, 0.05) is 13.1 Å². The molecule has 0 spiro atoms. The summed E-state index contributed by atoms with van der Waals surface area (Å²) >= 11 is 1.41. The second kappa shape index (κ2) is 8.98. The first-order chi connectivity index (χ1) is 13.0. The van der Waals surface area contributed by atoms with Crippen molar-refractivity contribution in [2.45, 2.75) is 51.7 Å². The maximum Gasteiger partial charge on any atom is 0.437 e. The van der Waals surface area contributed by atoms with Gasteiger partial charge in [0.25, 0.3) is 11.8 Å². The average Bonchev–Trinajstić information content (AvgIpc) is 3.22. The molecule has 0 radical (unpaired) electrons. The first-order valence-corrected chi connectivity index (χ1v) is 10.0. The van der Waals surface area contributed by atoms with Crippen LogP contribution in [0.25, 0.3) is 10.8 Å². The zero-order valence-electron chi connectivity index (χ0n) is 15.3. The molecule has 0 aromatic carbocycles. The minimum Gasteiger partial charge on any atom is -0.452 e. The Morgan fingerprint density at radius 3 is 2.70 bits per heavy atom. The van der Waals surface area contributed by atoms with E-state index in [2.05, 4.69) is 5.10 Å². The number of aryl methyl sites for hydroxylation is 1. The van der Waals surface area contributed by atoms with Gasteiger partial charge < -0.3 is 14.1 Å². The number of likely N-dealkylation sites (tertiary alicyclic amines) is 1. The lowest BCUT2D eigenvalue weighted by molar-refractivity contribution is -0.159. The van der Waals surface area contributed by atoms with Gasteiger partial charge in [-0.25, -0.2) is 4.79 Å². The van der Waals surface area contributed by atoms with Gasteiger partial charge in [-0.3, -0.25) is 9.59 Å². The molecule has 0 saturated carbocycles. The predicted molar refractivity (Wildman–Crippen MR) is 99.3 cm³/mol. The Morgan fingerprint density at radius 2 is 2.04 bits per heavy atom. The molecule has 1 saturated heterocycles. The van der Waals surface area contributed by atoms with Gasteiger partial charge in [0.1, 0.15) is 0 Å².